The zero-order valence-corrected chi connectivity index (χ0v) is 8.33. The summed E-state index contributed by atoms with van der Waals surface area (Å²) in [6.07, 6.45) is 4.19. The molecule has 0 aliphatic carbocycles. The summed E-state index contributed by atoms with van der Waals surface area (Å²) in [5.74, 6) is 2.52. The summed E-state index contributed by atoms with van der Waals surface area (Å²) < 4.78 is 3.95. The van der Waals surface area contributed by atoms with Crippen molar-refractivity contribution in [2.75, 3.05) is 16.8 Å². The fourth-order valence-corrected chi connectivity index (χ4v) is 2.85. The highest BCUT2D eigenvalue weighted by Crippen LogP contribution is 2.20. The molecule has 12 heavy (non-hydrogen) atoms. The summed E-state index contributed by atoms with van der Waals surface area (Å²) in [5.41, 5.74) is 0. The van der Waals surface area contributed by atoms with Gasteiger partial charge in [-0.3, -0.25) is 0 Å². The van der Waals surface area contributed by atoms with Gasteiger partial charge >= 0.3 is 0 Å². The smallest absolute Gasteiger partial charge is 0.202 e. The lowest BCUT2D eigenvalue weighted by atomic mass is 10.2. The molecular weight excluding hydrogens is 190 g/mol. The molecule has 0 spiro atoms. The second-order valence-corrected chi connectivity index (χ2v) is 4.73. The molecule has 0 saturated carbocycles. The molecule has 2 rings (SSSR count). The molecule has 1 saturated heterocycles. The van der Waals surface area contributed by atoms with Crippen LogP contribution in [0.2, 0.25) is 0 Å². The Labute approximate surface area is 80.1 Å². The van der Waals surface area contributed by atoms with Crippen LogP contribution in [0.25, 0.3) is 0 Å². The van der Waals surface area contributed by atoms with Crippen LogP contribution in [0.4, 0.5) is 5.13 Å². The molecule has 2 heterocycles. The van der Waals surface area contributed by atoms with Gasteiger partial charge < -0.3 is 5.32 Å². The van der Waals surface area contributed by atoms with Gasteiger partial charge in [0.2, 0.25) is 5.13 Å². The number of nitrogens with one attached hydrogen (secondary N) is 1. The summed E-state index contributed by atoms with van der Waals surface area (Å²) in [6, 6.07) is 0.608. The lowest BCUT2D eigenvalue weighted by molar-refractivity contribution is 0.684. The Balaban J connectivity index is 1.86. The maximum absolute atomic E-state index is 4.10. The third-order valence-electron chi connectivity index (χ3n) is 1.85. The molecule has 0 amide bonds. The van der Waals surface area contributed by atoms with Crippen molar-refractivity contribution in [2.45, 2.75) is 18.9 Å². The second kappa shape index (κ2) is 4.09. The van der Waals surface area contributed by atoms with Gasteiger partial charge in [-0.25, -0.2) is 4.98 Å². The number of thioether (sulfide) groups is 1. The number of nitrogens with zero attached hydrogens (tertiary/aromatic N) is 2. The van der Waals surface area contributed by atoms with Gasteiger partial charge in [0, 0.05) is 23.3 Å². The van der Waals surface area contributed by atoms with Crippen molar-refractivity contribution in [3.63, 3.8) is 0 Å². The molecule has 1 aliphatic heterocycles. The number of aromatic nitrogens is 2. The van der Waals surface area contributed by atoms with Gasteiger partial charge in [-0.1, -0.05) is 0 Å². The van der Waals surface area contributed by atoms with Crippen LogP contribution < -0.4 is 5.32 Å². The Morgan fingerprint density at radius 3 is 3.25 bits per heavy atom. The van der Waals surface area contributed by atoms with Crippen molar-refractivity contribution >= 4 is 28.4 Å². The minimum Gasteiger partial charge on any atom is -0.357 e. The number of anilines is 1. The van der Waals surface area contributed by atoms with E-state index in [1.54, 1.807) is 6.33 Å². The summed E-state index contributed by atoms with van der Waals surface area (Å²) in [6.45, 7) is 0. The highest BCUT2D eigenvalue weighted by Gasteiger charge is 2.13. The maximum Gasteiger partial charge on any atom is 0.202 e. The maximum atomic E-state index is 4.10. The van der Waals surface area contributed by atoms with Crippen LogP contribution >= 0.6 is 23.3 Å². The quantitative estimate of drug-likeness (QED) is 0.792. The van der Waals surface area contributed by atoms with Crippen LogP contribution in [0.1, 0.15) is 12.8 Å². The summed E-state index contributed by atoms with van der Waals surface area (Å²) in [5, 5.41) is 4.35. The van der Waals surface area contributed by atoms with E-state index in [2.05, 4.69) is 14.7 Å². The minimum absolute atomic E-state index is 0.608. The van der Waals surface area contributed by atoms with E-state index in [4.69, 9.17) is 0 Å². The molecule has 0 bridgehead atoms. The molecule has 1 aromatic heterocycles. The first kappa shape index (κ1) is 8.31. The van der Waals surface area contributed by atoms with Gasteiger partial charge in [0.05, 0.1) is 0 Å². The van der Waals surface area contributed by atoms with Gasteiger partial charge in [0.15, 0.2) is 0 Å². The van der Waals surface area contributed by atoms with Crippen LogP contribution in [0, 0.1) is 0 Å². The third kappa shape index (κ3) is 2.10. The Morgan fingerprint density at radius 2 is 2.58 bits per heavy atom. The van der Waals surface area contributed by atoms with Crippen LogP contribution in [0.3, 0.4) is 0 Å². The molecule has 3 nitrogen and oxygen atoms in total. The molecule has 1 aliphatic rings. The van der Waals surface area contributed by atoms with Gasteiger partial charge in [0.1, 0.15) is 6.33 Å². The largest absolute Gasteiger partial charge is 0.357 e. The topological polar surface area (TPSA) is 37.8 Å². The van der Waals surface area contributed by atoms with E-state index in [1.165, 1.54) is 35.9 Å². The molecule has 1 unspecified atom stereocenters. The monoisotopic (exact) mass is 201 g/mol. The van der Waals surface area contributed by atoms with Gasteiger partial charge in [-0.05, 0) is 18.6 Å². The van der Waals surface area contributed by atoms with E-state index in [0.717, 1.165) is 5.13 Å². The van der Waals surface area contributed by atoms with Crippen molar-refractivity contribution < 1.29 is 0 Å². The average molecular weight is 201 g/mol. The lowest BCUT2D eigenvalue weighted by Gasteiger charge is -2.21. The molecule has 0 radical (unpaired) electrons. The summed E-state index contributed by atoms with van der Waals surface area (Å²) >= 11 is 3.45. The number of hydrogen-bond acceptors (Lipinski definition) is 5. The molecule has 0 aromatic carbocycles. The van der Waals surface area contributed by atoms with E-state index in [0.29, 0.717) is 6.04 Å². The predicted molar refractivity (Wildman–Crippen MR) is 53.9 cm³/mol. The fraction of sp³-hybridized carbons (Fsp3) is 0.714. The van der Waals surface area contributed by atoms with E-state index < -0.39 is 0 Å². The minimum atomic E-state index is 0.608. The van der Waals surface area contributed by atoms with E-state index in [9.17, 15) is 0 Å². The van der Waals surface area contributed by atoms with Crippen LogP contribution in [-0.2, 0) is 0 Å². The van der Waals surface area contributed by atoms with Crippen molar-refractivity contribution in [1.29, 1.82) is 0 Å². The van der Waals surface area contributed by atoms with Gasteiger partial charge in [0.25, 0.3) is 0 Å². The first-order chi connectivity index (χ1) is 5.95. The van der Waals surface area contributed by atoms with Gasteiger partial charge in [-0.15, -0.1) is 0 Å². The van der Waals surface area contributed by atoms with Crippen LogP contribution in [0.15, 0.2) is 6.33 Å². The fourth-order valence-electron chi connectivity index (χ4n) is 1.27. The van der Waals surface area contributed by atoms with Crippen molar-refractivity contribution in [3.05, 3.63) is 6.33 Å². The Hall–Kier alpha value is -0.290. The second-order valence-electron chi connectivity index (χ2n) is 2.80. The summed E-state index contributed by atoms with van der Waals surface area (Å²) in [4.78, 5) is 4.10. The standard InChI is InChI=1S/C7H11N3S2/c1-2-6(4-11-3-1)10-7-8-5-9-12-7/h5-6H,1-4H2,(H,8,9,10). The van der Waals surface area contributed by atoms with Crippen molar-refractivity contribution in [1.82, 2.24) is 9.36 Å². The molecule has 1 fully saturated rings. The SMILES string of the molecule is c1nsc(NC2CCCSC2)n1. The molecule has 5 heteroatoms. The zero-order valence-electron chi connectivity index (χ0n) is 6.69. The normalized spacial score (nSPS) is 23.8. The van der Waals surface area contributed by atoms with Crippen molar-refractivity contribution in [2.24, 2.45) is 0 Å². The zero-order chi connectivity index (χ0) is 8.23. The average Bonchev–Trinajstić information content (AvgIpc) is 2.59. The molecule has 1 atom stereocenters. The number of rotatable bonds is 2. The van der Waals surface area contributed by atoms with E-state index >= 15 is 0 Å². The van der Waals surface area contributed by atoms with E-state index in [1.807, 2.05) is 11.8 Å². The third-order valence-corrected chi connectivity index (χ3v) is 3.66. The lowest BCUT2D eigenvalue weighted by Crippen LogP contribution is -2.25. The molecule has 1 aromatic rings. The molecular formula is C7H11N3S2. The van der Waals surface area contributed by atoms with Crippen molar-refractivity contribution in [3.8, 4) is 0 Å². The van der Waals surface area contributed by atoms with Gasteiger partial charge in [-0.2, -0.15) is 16.1 Å². The Kier molecular flexibility index (Phi) is 2.83. The molecule has 1 N–H and O–H groups in total. The van der Waals surface area contributed by atoms with Crippen LogP contribution in [0.5, 0.6) is 0 Å². The van der Waals surface area contributed by atoms with E-state index in [-0.39, 0.29) is 0 Å². The predicted octanol–water partition coefficient (Wildman–Crippen LogP) is 1.85. The Morgan fingerprint density at radius 1 is 1.58 bits per heavy atom. The summed E-state index contributed by atoms with van der Waals surface area (Å²) in [7, 11) is 0. The highest BCUT2D eigenvalue weighted by atomic mass is 32.2. The number of hydrogen-bond donors (Lipinski definition) is 1. The molecule has 66 valence electrons. The van der Waals surface area contributed by atoms with Crippen LogP contribution in [-0.4, -0.2) is 26.9 Å². The Bertz CT molecular complexity index is 219. The first-order valence-corrected chi connectivity index (χ1v) is 5.99. The highest BCUT2D eigenvalue weighted by molar-refractivity contribution is 7.99. The first-order valence-electron chi connectivity index (χ1n) is 4.06.